The van der Waals surface area contributed by atoms with Crippen LogP contribution in [0.3, 0.4) is 0 Å². The number of rotatable bonds is 0. The van der Waals surface area contributed by atoms with Crippen molar-refractivity contribution in [1.82, 2.24) is 15.5 Å². The molecule has 1 aromatic heterocycles. The maximum Gasteiger partial charge on any atom is 0.256 e. The van der Waals surface area contributed by atoms with Gasteiger partial charge in [0.05, 0.1) is 11.6 Å². The predicted molar refractivity (Wildman–Crippen MR) is 47.3 cm³/mol. The molecule has 0 spiro atoms. The second kappa shape index (κ2) is 2.71. The van der Waals surface area contributed by atoms with Gasteiger partial charge in [-0.25, -0.2) is 0 Å². The third-order valence-electron chi connectivity index (χ3n) is 1.65. The molecule has 1 unspecified atom stereocenters. The van der Waals surface area contributed by atoms with Gasteiger partial charge in [-0.15, -0.1) is 0 Å². The Morgan fingerprint density at radius 3 is 3.33 bits per heavy atom. The largest absolute Gasteiger partial charge is 0.357 e. The summed E-state index contributed by atoms with van der Waals surface area (Å²) >= 11 is 4.20. The lowest BCUT2D eigenvalue weighted by molar-refractivity contribution is 0.0957. The number of fused-ring (bicyclic) bond motifs is 1. The molecule has 0 fully saturated rings. The number of carbonyl (C=O) groups excluding carboxylic acids is 1. The number of aromatic amines is 1. The number of carbonyl (C=O) groups is 1. The smallest absolute Gasteiger partial charge is 0.256 e. The summed E-state index contributed by atoms with van der Waals surface area (Å²) in [7, 11) is 0. The van der Waals surface area contributed by atoms with Gasteiger partial charge in [-0.2, -0.15) is 17.7 Å². The fourth-order valence-electron chi connectivity index (χ4n) is 1.07. The molecular formula is C6H8N4OS. The van der Waals surface area contributed by atoms with Crippen LogP contribution in [0, 0.1) is 0 Å². The van der Waals surface area contributed by atoms with Gasteiger partial charge >= 0.3 is 0 Å². The first-order valence-corrected chi connectivity index (χ1v) is 4.05. The van der Waals surface area contributed by atoms with Gasteiger partial charge in [-0.3, -0.25) is 9.89 Å². The van der Waals surface area contributed by atoms with Crippen molar-refractivity contribution in [2.24, 2.45) is 0 Å². The van der Waals surface area contributed by atoms with Crippen LogP contribution >= 0.6 is 12.6 Å². The first-order chi connectivity index (χ1) is 5.77. The van der Waals surface area contributed by atoms with Crippen molar-refractivity contribution in [3.05, 3.63) is 11.8 Å². The Kier molecular flexibility index (Phi) is 1.69. The van der Waals surface area contributed by atoms with Crippen molar-refractivity contribution in [3.63, 3.8) is 0 Å². The van der Waals surface area contributed by atoms with Crippen LogP contribution in [0.25, 0.3) is 0 Å². The van der Waals surface area contributed by atoms with E-state index < -0.39 is 0 Å². The zero-order valence-electron chi connectivity index (χ0n) is 6.16. The predicted octanol–water partition coefficient (Wildman–Crippen LogP) is -0.179. The SMILES string of the molecule is O=C1NCC(S)Nc2[nH]ncc21. The van der Waals surface area contributed by atoms with Crippen LogP contribution < -0.4 is 10.6 Å². The summed E-state index contributed by atoms with van der Waals surface area (Å²) < 4.78 is 0. The molecule has 3 N–H and O–H groups in total. The van der Waals surface area contributed by atoms with Gasteiger partial charge in [-0.1, -0.05) is 0 Å². The highest BCUT2D eigenvalue weighted by molar-refractivity contribution is 7.81. The van der Waals surface area contributed by atoms with E-state index in [1.54, 1.807) is 0 Å². The number of aromatic nitrogens is 2. The summed E-state index contributed by atoms with van der Waals surface area (Å²) in [5.41, 5.74) is 0.534. The van der Waals surface area contributed by atoms with E-state index in [1.807, 2.05) is 0 Å². The van der Waals surface area contributed by atoms with Crippen LogP contribution in [-0.4, -0.2) is 28.0 Å². The van der Waals surface area contributed by atoms with Crippen LogP contribution in [0.5, 0.6) is 0 Å². The van der Waals surface area contributed by atoms with Gasteiger partial charge in [0.15, 0.2) is 0 Å². The molecule has 2 heterocycles. The molecule has 1 aliphatic heterocycles. The summed E-state index contributed by atoms with van der Waals surface area (Å²) in [4.78, 5) is 11.3. The van der Waals surface area contributed by atoms with Gasteiger partial charge < -0.3 is 10.6 Å². The molecule has 5 nitrogen and oxygen atoms in total. The molecule has 0 radical (unpaired) electrons. The standard InChI is InChI=1S/C6H8N4OS/c11-6-3-1-8-10-5(3)9-4(12)2-7-6/h1,4,12H,2H2,(H,7,11)(H2,8,9,10). The summed E-state index contributed by atoms with van der Waals surface area (Å²) in [5.74, 6) is 0.507. The molecule has 0 bridgehead atoms. The summed E-state index contributed by atoms with van der Waals surface area (Å²) in [6.45, 7) is 0.504. The molecule has 64 valence electrons. The van der Waals surface area contributed by atoms with Crippen molar-refractivity contribution in [2.75, 3.05) is 11.9 Å². The molecule has 1 aliphatic rings. The van der Waals surface area contributed by atoms with Crippen molar-refractivity contribution >= 4 is 24.4 Å². The molecule has 0 saturated heterocycles. The second-order valence-electron chi connectivity index (χ2n) is 2.53. The van der Waals surface area contributed by atoms with E-state index in [9.17, 15) is 4.79 Å². The van der Waals surface area contributed by atoms with E-state index in [4.69, 9.17) is 0 Å². The molecule has 1 amide bonds. The summed E-state index contributed by atoms with van der Waals surface area (Å²) in [6.07, 6.45) is 1.49. The van der Waals surface area contributed by atoms with Gasteiger partial charge in [-0.05, 0) is 0 Å². The van der Waals surface area contributed by atoms with E-state index in [1.165, 1.54) is 6.20 Å². The highest BCUT2D eigenvalue weighted by Gasteiger charge is 2.19. The van der Waals surface area contributed by atoms with E-state index in [-0.39, 0.29) is 11.3 Å². The maximum absolute atomic E-state index is 11.3. The molecule has 0 saturated carbocycles. The Morgan fingerprint density at radius 2 is 2.50 bits per heavy atom. The number of H-pyrrole nitrogens is 1. The zero-order valence-corrected chi connectivity index (χ0v) is 7.06. The molecule has 12 heavy (non-hydrogen) atoms. The zero-order chi connectivity index (χ0) is 8.55. The van der Waals surface area contributed by atoms with Crippen LogP contribution in [0.4, 0.5) is 5.82 Å². The van der Waals surface area contributed by atoms with E-state index in [0.29, 0.717) is 17.9 Å². The molecule has 1 atom stereocenters. The molecule has 0 aromatic carbocycles. The van der Waals surface area contributed by atoms with Crippen molar-refractivity contribution in [1.29, 1.82) is 0 Å². The molecule has 6 heteroatoms. The lowest BCUT2D eigenvalue weighted by atomic mass is 10.3. The minimum Gasteiger partial charge on any atom is -0.357 e. The summed E-state index contributed by atoms with van der Waals surface area (Å²) in [6, 6.07) is 0. The van der Waals surface area contributed by atoms with Gasteiger partial charge in [0, 0.05) is 6.54 Å². The van der Waals surface area contributed by atoms with Gasteiger partial charge in [0.1, 0.15) is 11.4 Å². The number of anilines is 1. The molecule has 2 rings (SSSR count). The van der Waals surface area contributed by atoms with Crippen LogP contribution in [0.15, 0.2) is 6.20 Å². The quantitative estimate of drug-likeness (QED) is 0.423. The third kappa shape index (κ3) is 1.14. The molecule has 1 aromatic rings. The monoisotopic (exact) mass is 184 g/mol. The molecule has 0 aliphatic carbocycles. The van der Waals surface area contributed by atoms with Crippen LogP contribution in [-0.2, 0) is 0 Å². The topological polar surface area (TPSA) is 69.8 Å². The normalized spacial score (nSPS) is 22.1. The van der Waals surface area contributed by atoms with Crippen LogP contribution in [0.2, 0.25) is 0 Å². The van der Waals surface area contributed by atoms with Crippen LogP contribution in [0.1, 0.15) is 10.4 Å². The Hall–Kier alpha value is -1.17. The maximum atomic E-state index is 11.3. The fourth-order valence-corrected chi connectivity index (χ4v) is 1.29. The van der Waals surface area contributed by atoms with Gasteiger partial charge in [0.25, 0.3) is 5.91 Å². The van der Waals surface area contributed by atoms with Crippen molar-refractivity contribution < 1.29 is 4.79 Å². The van der Waals surface area contributed by atoms with E-state index >= 15 is 0 Å². The van der Waals surface area contributed by atoms with E-state index in [2.05, 4.69) is 33.5 Å². The number of hydrogen-bond acceptors (Lipinski definition) is 4. The molecular weight excluding hydrogens is 176 g/mol. The van der Waals surface area contributed by atoms with Crippen molar-refractivity contribution in [3.8, 4) is 0 Å². The lowest BCUT2D eigenvalue weighted by Crippen LogP contribution is -2.29. The average molecular weight is 184 g/mol. The second-order valence-corrected chi connectivity index (χ2v) is 3.15. The Morgan fingerprint density at radius 1 is 1.67 bits per heavy atom. The number of nitrogens with zero attached hydrogens (tertiary/aromatic N) is 1. The van der Waals surface area contributed by atoms with Crippen molar-refractivity contribution in [2.45, 2.75) is 5.37 Å². The number of thiol groups is 1. The average Bonchev–Trinajstić information content (AvgIpc) is 2.44. The Labute approximate surface area is 74.3 Å². The first-order valence-electron chi connectivity index (χ1n) is 3.53. The van der Waals surface area contributed by atoms with Gasteiger partial charge in [0.2, 0.25) is 0 Å². The highest BCUT2D eigenvalue weighted by Crippen LogP contribution is 2.15. The number of hydrogen-bond donors (Lipinski definition) is 4. The highest BCUT2D eigenvalue weighted by atomic mass is 32.1. The Bertz CT molecular complexity index is 310. The number of nitrogens with one attached hydrogen (secondary N) is 3. The lowest BCUT2D eigenvalue weighted by Gasteiger charge is -2.07. The third-order valence-corrected chi connectivity index (χ3v) is 1.96. The summed E-state index contributed by atoms with van der Waals surface area (Å²) in [5, 5.41) is 12.1. The minimum absolute atomic E-state index is 0.0735. The van der Waals surface area contributed by atoms with E-state index in [0.717, 1.165) is 0 Å². The fraction of sp³-hybridized carbons (Fsp3) is 0.333. The Balaban J connectivity index is 2.38. The first kappa shape index (κ1) is 7.48. The number of amides is 1. The minimum atomic E-state index is -0.122.